The predicted molar refractivity (Wildman–Crippen MR) is 63.1 cm³/mol. The molecular formula is C11H10F2N4O3. The van der Waals surface area contributed by atoms with Crippen LogP contribution in [0.2, 0.25) is 0 Å². The van der Waals surface area contributed by atoms with Gasteiger partial charge in [-0.05, 0) is 6.07 Å². The second kappa shape index (κ2) is 4.37. The average molecular weight is 284 g/mol. The first-order chi connectivity index (χ1) is 9.48. The number of aromatic nitrogens is 3. The third kappa shape index (κ3) is 2.05. The average Bonchev–Trinajstić information content (AvgIpc) is 2.76. The maximum absolute atomic E-state index is 13.3. The van der Waals surface area contributed by atoms with Gasteiger partial charge in [-0.25, -0.2) is 14.3 Å². The molecule has 9 heteroatoms. The highest BCUT2D eigenvalue weighted by Gasteiger charge is 2.39. The van der Waals surface area contributed by atoms with E-state index in [1.165, 1.54) is 21.8 Å². The molecule has 0 saturated carbocycles. The Morgan fingerprint density at radius 3 is 3.00 bits per heavy atom. The number of carbonyl (C=O) groups is 1. The van der Waals surface area contributed by atoms with E-state index < -0.39 is 18.6 Å². The molecule has 0 aliphatic carbocycles. The molecule has 1 aliphatic heterocycles. The molecule has 20 heavy (non-hydrogen) atoms. The Bertz CT molecular complexity index is 673. The van der Waals surface area contributed by atoms with Crippen molar-refractivity contribution >= 4 is 17.4 Å². The second-order valence-corrected chi connectivity index (χ2v) is 4.30. The van der Waals surface area contributed by atoms with Crippen molar-refractivity contribution in [2.45, 2.75) is 6.11 Å². The first kappa shape index (κ1) is 12.7. The molecule has 0 radical (unpaired) electrons. The van der Waals surface area contributed by atoms with E-state index in [4.69, 9.17) is 0 Å². The minimum Gasteiger partial charge on any atom is -0.477 e. The third-order valence-electron chi connectivity index (χ3n) is 2.94. The van der Waals surface area contributed by atoms with Crippen LogP contribution in [0.3, 0.4) is 0 Å². The van der Waals surface area contributed by atoms with Gasteiger partial charge in [-0.2, -0.15) is 8.78 Å². The lowest BCUT2D eigenvalue weighted by molar-refractivity contribution is -0.240. The van der Waals surface area contributed by atoms with Crippen molar-refractivity contribution in [2.75, 3.05) is 24.6 Å². The van der Waals surface area contributed by atoms with Crippen molar-refractivity contribution in [1.29, 1.82) is 0 Å². The lowest BCUT2D eigenvalue weighted by atomic mass is 10.2. The number of hydrogen-bond donors (Lipinski definition) is 1. The fourth-order valence-electron chi connectivity index (χ4n) is 2.12. The van der Waals surface area contributed by atoms with Crippen LogP contribution in [0.15, 0.2) is 18.5 Å². The normalized spacial score (nSPS) is 18.4. The van der Waals surface area contributed by atoms with Crippen LogP contribution in [0.4, 0.5) is 14.6 Å². The fourth-order valence-corrected chi connectivity index (χ4v) is 2.12. The summed E-state index contributed by atoms with van der Waals surface area (Å²) in [5, 5.41) is 13.3. The number of alkyl halides is 2. The van der Waals surface area contributed by atoms with Gasteiger partial charge >= 0.3 is 12.1 Å². The Balaban J connectivity index is 2.11. The van der Waals surface area contributed by atoms with Crippen molar-refractivity contribution in [1.82, 2.24) is 14.6 Å². The van der Waals surface area contributed by atoms with E-state index in [0.717, 1.165) is 0 Å². The van der Waals surface area contributed by atoms with Crippen molar-refractivity contribution in [2.24, 2.45) is 0 Å². The van der Waals surface area contributed by atoms with Crippen molar-refractivity contribution < 1.29 is 23.4 Å². The Hall–Kier alpha value is -2.29. The van der Waals surface area contributed by atoms with Crippen molar-refractivity contribution in [3.05, 3.63) is 24.0 Å². The van der Waals surface area contributed by atoms with Crippen LogP contribution >= 0.6 is 0 Å². The molecule has 0 bridgehead atoms. The van der Waals surface area contributed by atoms with E-state index in [9.17, 15) is 18.7 Å². The van der Waals surface area contributed by atoms with E-state index in [0.29, 0.717) is 0 Å². The highest BCUT2D eigenvalue weighted by Crippen LogP contribution is 2.28. The van der Waals surface area contributed by atoms with Crippen molar-refractivity contribution in [3.8, 4) is 0 Å². The highest BCUT2D eigenvalue weighted by atomic mass is 19.3. The molecule has 0 amide bonds. The minimum absolute atomic E-state index is 0.0285. The van der Waals surface area contributed by atoms with E-state index >= 15 is 0 Å². The number of morpholine rings is 1. The lowest BCUT2D eigenvalue weighted by Gasteiger charge is -2.32. The molecule has 0 atom stereocenters. The smallest absolute Gasteiger partial charge is 0.373 e. The van der Waals surface area contributed by atoms with Gasteiger partial charge in [0.2, 0.25) is 0 Å². The first-order valence-electron chi connectivity index (χ1n) is 5.81. The zero-order chi connectivity index (χ0) is 14.3. The van der Waals surface area contributed by atoms with Crippen LogP contribution in [0.25, 0.3) is 5.65 Å². The van der Waals surface area contributed by atoms with E-state index in [2.05, 4.69) is 14.8 Å². The van der Waals surface area contributed by atoms with Crippen LogP contribution in [0, 0.1) is 0 Å². The second-order valence-electron chi connectivity index (χ2n) is 4.30. The van der Waals surface area contributed by atoms with Gasteiger partial charge in [-0.3, -0.25) is 0 Å². The molecule has 0 unspecified atom stereocenters. The maximum atomic E-state index is 13.3. The van der Waals surface area contributed by atoms with Gasteiger partial charge in [0.05, 0.1) is 6.61 Å². The summed E-state index contributed by atoms with van der Waals surface area (Å²) in [5.74, 6) is -1.29. The molecule has 106 valence electrons. The van der Waals surface area contributed by atoms with Gasteiger partial charge in [0.1, 0.15) is 12.1 Å². The third-order valence-corrected chi connectivity index (χ3v) is 2.94. The van der Waals surface area contributed by atoms with Crippen molar-refractivity contribution in [3.63, 3.8) is 0 Å². The first-order valence-corrected chi connectivity index (χ1v) is 5.81. The lowest BCUT2D eigenvalue weighted by Crippen LogP contribution is -2.47. The molecule has 1 N–H and O–H groups in total. The number of aromatic carboxylic acids is 1. The largest absolute Gasteiger partial charge is 0.477 e. The van der Waals surface area contributed by atoms with E-state index in [1.54, 1.807) is 6.07 Å². The summed E-state index contributed by atoms with van der Waals surface area (Å²) in [6, 6.07) is 1.57. The number of halogens is 2. The molecule has 1 fully saturated rings. The number of ether oxygens (including phenoxy) is 1. The van der Waals surface area contributed by atoms with Gasteiger partial charge in [0.25, 0.3) is 0 Å². The Morgan fingerprint density at radius 1 is 1.50 bits per heavy atom. The number of fused-ring (bicyclic) bond motifs is 1. The predicted octanol–water partition coefficient (Wildman–Crippen LogP) is 0.857. The SMILES string of the molecule is O=C(O)c1c(N2CCOC(F)(F)C2)nn2cccnc12. The van der Waals surface area contributed by atoms with Gasteiger partial charge in [0.15, 0.2) is 11.5 Å². The summed E-state index contributed by atoms with van der Waals surface area (Å²) in [5.41, 5.74) is -0.0758. The number of nitrogens with zero attached hydrogens (tertiary/aromatic N) is 4. The summed E-state index contributed by atoms with van der Waals surface area (Å²) in [7, 11) is 0. The topological polar surface area (TPSA) is 80.0 Å². The molecular weight excluding hydrogens is 274 g/mol. The molecule has 3 heterocycles. The van der Waals surface area contributed by atoms with Gasteiger partial charge in [-0.15, -0.1) is 5.10 Å². The molecule has 0 spiro atoms. The Labute approximate surface area is 111 Å². The summed E-state index contributed by atoms with van der Waals surface area (Å²) >= 11 is 0. The number of hydrogen-bond acceptors (Lipinski definition) is 5. The number of anilines is 1. The fraction of sp³-hybridized carbons (Fsp3) is 0.364. The van der Waals surface area contributed by atoms with Gasteiger partial charge in [-0.1, -0.05) is 0 Å². The van der Waals surface area contributed by atoms with E-state index in [-0.39, 0.29) is 30.2 Å². The van der Waals surface area contributed by atoms with Crippen LogP contribution in [-0.4, -0.2) is 51.5 Å². The summed E-state index contributed by atoms with van der Waals surface area (Å²) < 4.78 is 32.1. The van der Waals surface area contributed by atoms with Crippen LogP contribution in [0.1, 0.15) is 10.4 Å². The minimum atomic E-state index is -3.32. The monoisotopic (exact) mass is 284 g/mol. The molecule has 1 saturated heterocycles. The molecule has 7 nitrogen and oxygen atoms in total. The number of carboxylic acid groups (broad SMARTS) is 1. The molecule has 0 aromatic carbocycles. The zero-order valence-corrected chi connectivity index (χ0v) is 10.2. The summed E-state index contributed by atoms with van der Waals surface area (Å²) in [6.07, 6.45) is -0.394. The summed E-state index contributed by atoms with van der Waals surface area (Å²) in [4.78, 5) is 16.5. The Morgan fingerprint density at radius 2 is 2.30 bits per heavy atom. The van der Waals surface area contributed by atoms with Gasteiger partial charge in [0, 0.05) is 18.9 Å². The van der Waals surface area contributed by atoms with Crippen LogP contribution < -0.4 is 4.90 Å². The van der Waals surface area contributed by atoms with Gasteiger partial charge < -0.3 is 14.7 Å². The standard InChI is InChI=1S/C11H10F2N4O3/c12-11(13)6-16(4-5-20-11)9-7(10(18)19)8-14-2-1-3-17(8)15-9/h1-3H,4-6H2,(H,18,19). The highest BCUT2D eigenvalue weighted by molar-refractivity contribution is 6.00. The molecule has 2 aromatic heterocycles. The maximum Gasteiger partial charge on any atom is 0.373 e. The van der Waals surface area contributed by atoms with E-state index in [1.807, 2.05) is 0 Å². The van der Waals surface area contributed by atoms with Crippen LogP contribution in [0.5, 0.6) is 0 Å². The quantitative estimate of drug-likeness (QED) is 0.881. The Kier molecular flexibility index (Phi) is 2.78. The number of carboxylic acids is 1. The number of rotatable bonds is 2. The van der Waals surface area contributed by atoms with Crippen LogP contribution in [-0.2, 0) is 4.74 Å². The molecule has 3 rings (SSSR count). The molecule has 2 aromatic rings. The molecule has 1 aliphatic rings. The zero-order valence-electron chi connectivity index (χ0n) is 10.2. The summed E-state index contributed by atoms with van der Waals surface area (Å²) in [6.45, 7) is -0.801.